The molecule has 1 fully saturated rings. The molecule has 2 heterocycles. The van der Waals surface area contributed by atoms with Crippen LogP contribution in [0, 0.1) is 5.82 Å². The van der Waals surface area contributed by atoms with Gasteiger partial charge in [0.05, 0.1) is 18.0 Å². The first-order chi connectivity index (χ1) is 8.15. The van der Waals surface area contributed by atoms with Crippen LogP contribution in [0.4, 0.5) is 4.39 Å². The Bertz CT molecular complexity index is 357. The number of aromatic nitrogens is 1. The molecular formula is C12H18FN3O. The van der Waals surface area contributed by atoms with Gasteiger partial charge in [0.15, 0.2) is 0 Å². The largest absolute Gasteiger partial charge is 0.392 e. The van der Waals surface area contributed by atoms with Gasteiger partial charge in [-0.3, -0.25) is 4.98 Å². The molecule has 1 aliphatic heterocycles. The molecule has 1 saturated heterocycles. The molecule has 0 amide bonds. The van der Waals surface area contributed by atoms with Gasteiger partial charge in [0.1, 0.15) is 5.82 Å². The topological polar surface area (TPSA) is 62.4 Å². The number of nitrogens with zero attached hydrogens (tertiary/aromatic N) is 2. The van der Waals surface area contributed by atoms with Crippen LogP contribution < -0.4 is 5.73 Å². The number of β-amino-alcohol motifs (C(OH)–C–C–N with tert-alkyl or cyclic N) is 1. The van der Waals surface area contributed by atoms with Crippen molar-refractivity contribution in [3.05, 3.63) is 29.8 Å². The van der Waals surface area contributed by atoms with E-state index in [0.717, 1.165) is 32.5 Å². The number of hydrogen-bond donors (Lipinski definition) is 2. The normalized spacial score (nSPS) is 22.9. The number of halogens is 1. The molecule has 0 bridgehead atoms. The van der Waals surface area contributed by atoms with Gasteiger partial charge < -0.3 is 15.7 Å². The van der Waals surface area contributed by atoms with Crippen molar-refractivity contribution in [2.75, 3.05) is 19.6 Å². The molecule has 0 radical (unpaired) electrons. The number of nitrogens with two attached hydrogens (primary N) is 1. The Morgan fingerprint density at radius 3 is 3.00 bits per heavy atom. The third-order valence-electron chi connectivity index (χ3n) is 3.13. The van der Waals surface area contributed by atoms with E-state index in [1.54, 1.807) is 6.07 Å². The minimum atomic E-state index is -0.344. The zero-order valence-corrected chi connectivity index (χ0v) is 9.72. The lowest BCUT2D eigenvalue weighted by molar-refractivity contribution is 0.175. The Kier molecular flexibility index (Phi) is 4.04. The molecule has 5 heteroatoms. The van der Waals surface area contributed by atoms with Crippen molar-refractivity contribution in [3.63, 3.8) is 0 Å². The van der Waals surface area contributed by atoms with Crippen molar-refractivity contribution < 1.29 is 9.50 Å². The predicted molar refractivity (Wildman–Crippen MR) is 62.8 cm³/mol. The Morgan fingerprint density at radius 2 is 2.41 bits per heavy atom. The number of hydrogen-bond acceptors (Lipinski definition) is 4. The molecular weight excluding hydrogens is 221 g/mol. The van der Waals surface area contributed by atoms with Crippen molar-refractivity contribution in [1.82, 2.24) is 9.88 Å². The van der Waals surface area contributed by atoms with Gasteiger partial charge in [-0.1, -0.05) is 0 Å². The van der Waals surface area contributed by atoms with E-state index in [4.69, 9.17) is 5.73 Å². The second-order valence-corrected chi connectivity index (χ2v) is 4.54. The number of aliphatic hydroxyl groups is 1. The second-order valence-electron chi connectivity index (χ2n) is 4.54. The van der Waals surface area contributed by atoms with E-state index >= 15 is 0 Å². The van der Waals surface area contributed by atoms with Crippen LogP contribution in [0.3, 0.4) is 0 Å². The molecule has 2 atom stereocenters. The molecule has 4 nitrogen and oxygen atoms in total. The van der Waals surface area contributed by atoms with Gasteiger partial charge in [-0.25, -0.2) is 4.39 Å². The molecule has 1 aromatic rings. The van der Waals surface area contributed by atoms with E-state index in [2.05, 4.69) is 9.88 Å². The minimum absolute atomic E-state index is 0.173. The van der Waals surface area contributed by atoms with Gasteiger partial charge in [-0.2, -0.15) is 0 Å². The molecule has 94 valence electrons. The molecule has 1 aromatic heterocycles. The highest BCUT2D eigenvalue weighted by Gasteiger charge is 2.20. The quantitative estimate of drug-likeness (QED) is 0.811. The van der Waals surface area contributed by atoms with Crippen LogP contribution in [0.5, 0.6) is 0 Å². The number of rotatable bonds is 4. The zero-order valence-electron chi connectivity index (χ0n) is 9.72. The Morgan fingerprint density at radius 1 is 1.59 bits per heavy atom. The van der Waals surface area contributed by atoms with Gasteiger partial charge in [0, 0.05) is 25.7 Å². The molecule has 2 unspecified atom stereocenters. The molecule has 3 N–H and O–H groups in total. The maximum absolute atomic E-state index is 12.7. The first-order valence-electron chi connectivity index (χ1n) is 5.92. The molecule has 17 heavy (non-hydrogen) atoms. The van der Waals surface area contributed by atoms with Crippen molar-refractivity contribution in [1.29, 1.82) is 0 Å². The van der Waals surface area contributed by atoms with Crippen molar-refractivity contribution in [2.45, 2.75) is 25.0 Å². The van der Waals surface area contributed by atoms with E-state index < -0.39 is 0 Å². The summed E-state index contributed by atoms with van der Waals surface area (Å²) in [6, 6.07) is 2.83. The Hall–Kier alpha value is -1.04. The van der Waals surface area contributed by atoms with Crippen molar-refractivity contribution in [2.24, 2.45) is 5.73 Å². The molecule has 2 rings (SSSR count). The van der Waals surface area contributed by atoms with Crippen LogP contribution >= 0.6 is 0 Å². The minimum Gasteiger partial charge on any atom is -0.392 e. The molecule has 0 aromatic carbocycles. The number of likely N-dealkylation sites (tertiary alicyclic amines) is 1. The summed E-state index contributed by atoms with van der Waals surface area (Å²) in [6.45, 7) is 2.49. The van der Waals surface area contributed by atoms with Gasteiger partial charge in [0.25, 0.3) is 0 Å². The lowest BCUT2D eigenvalue weighted by Crippen LogP contribution is -2.26. The average molecular weight is 239 g/mol. The van der Waals surface area contributed by atoms with E-state index in [9.17, 15) is 9.50 Å². The summed E-state index contributed by atoms with van der Waals surface area (Å²) < 4.78 is 12.7. The summed E-state index contributed by atoms with van der Waals surface area (Å²) in [7, 11) is 0. The maximum Gasteiger partial charge on any atom is 0.141 e. The summed E-state index contributed by atoms with van der Waals surface area (Å²) in [5.41, 5.74) is 6.70. The van der Waals surface area contributed by atoms with E-state index in [0.29, 0.717) is 5.69 Å². The van der Waals surface area contributed by atoms with Gasteiger partial charge in [-0.05, 0) is 25.0 Å². The smallest absolute Gasteiger partial charge is 0.141 e. The van der Waals surface area contributed by atoms with Crippen molar-refractivity contribution in [3.8, 4) is 0 Å². The highest BCUT2D eigenvalue weighted by Crippen LogP contribution is 2.15. The molecule has 0 saturated carbocycles. The monoisotopic (exact) mass is 239 g/mol. The number of pyridine rings is 1. The predicted octanol–water partition coefficient (Wildman–Crippen LogP) is 0.677. The first kappa shape index (κ1) is 12.4. The van der Waals surface area contributed by atoms with E-state index in [-0.39, 0.29) is 18.0 Å². The highest BCUT2D eigenvalue weighted by atomic mass is 19.1. The zero-order chi connectivity index (χ0) is 12.3. The van der Waals surface area contributed by atoms with E-state index in [1.165, 1.54) is 12.3 Å². The Labute approximate surface area is 100 Å². The lowest BCUT2D eigenvalue weighted by atomic mass is 10.1. The molecule has 0 spiro atoms. The number of aliphatic hydroxyl groups excluding tert-OH is 1. The first-order valence-corrected chi connectivity index (χ1v) is 5.92. The molecule has 1 aliphatic rings. The van der Waals surface area contributed by atoms with Crippen LogP contribution in [0.2, 0.25) is 0 Å². The fraction of sp³-hybridized carbons (Fsp3) is 0.583. The maximum atomic E-state index is 12.7. The highest BCUT2D eigenvalue weighted by molar-refractivity contribution is 5.09. The Balaban J connectivity index is 1.81. The summed E-state index contributed by atoms with van der Waals surface area (Å²) in [5, 5.41) is 9.39. The van der Waals surface area contributed by atoms with Gasteiger partial charge in [-0.15, -0.1) is 0 Å². The van der Waals surface area contributed by atoms with E-state index in [1.807, 2.05) is 0 Å². The SMILES string of the molecule is NC(CCN1CCC(O)C1)c1ccc(F)cn1. The second kappa shape index (κ2) is 5.53. The third-order valence-corrected chi connectivity index (χ3v) is 3.13. The van der Waals surface area contributed by atoms with Crippen LogP contribution in [-0.2, 0) is 0 Å². The summed E-state index contributed by atoms with van der Waals surface area (Å²) in [6.07, 6.45) is 2.60. The summed E-state index contributed by atoms with van der Waals surface area (Å²) in [5.74, 6) is -0.344. The van der Waals surface area contributed by atoms with Crippen LogP contribution in [0.25, 0.3) is 0 Å². The average Bonchev–Trinajstić information content (AvgIpc) is 2.73. The van der Waals surface area contributed by atoms with Crippen LogP contribution in [-0.4, -0.2) is 40.7 Å². The standard InChI is InChI=1S/C12H18FN3O/c13-9-1-2-12(15-7-9)11(14)4-6-16-5-3-10(17)8-16/h1-2,7,10-11,17H,3-6,8,14H2. The van der Waals surface area contributed by atoms with Gasteiger partial charge >= 0.3 is 0 Å². The fourth-order valence-electron chi connectivity index (χ4n) is 2.09. The summed E-state index contributed by atoms with van der Waals surface area (Å²) in [4.78, 5) is 6.16. The van der Waals surface area contributed by atoms with Crippen LogP contribution in [0.1, 0.15) is 24.6 Å². The molecule has 0 aliphatic carbocycles. The summed E-state index contributed by atoms with van der Waals surface area (Å²) >= 11 is 0. The lowest BCUT2D eigenvalue weighted by Gasteiger charge is -2.17. The third kappa shape index (κ3) is 3.46. The van der Waals surface area contributed by atoms with Crippen molar-refractivity contribution >= 4 is 0 Å². The fourth-order valence-corrected chi connectivity index (χ4v) is 2.09. The van der Waals surface area contributed by atoms with Crippen LogP contribution in [0.15, 0.2) is 18.3 Å². The van der Waals surface area contributed by atoms with Gasteiger partial charge in [0.2, 0.25) is 0 Å².